The summed E-state index contributed by atoms with van der Waals surface area (Å²) in [5, 5.41) is 7.88. The Kier molecular flexibility index (Phi) is 10.7. The van der Waals surface area contributed by atoms with Gasteiger partial charge in [-0.2, -0.15) is 5.10 Å². The van der Waals surface area contributed by atoms with E-state index in [-0.39, 0.29) is 17.1 Å². The lowest BCUT2D eigenvalue weighted by atomic mass is 9.92. The van der Waals surface area contributed by atoms with E-state index in [1.54, 1.807) is 42.4 Å². The van der Waals surface area contributed by atoms with E-state index in [1.807, 2.05) is 31.2 Å². The van der Waals surface area contributed by atoms with Crippen molar-refractivity contribution < 1.29 is 32.9 Å². The zero-order valence-corrected chi connectivity index (χ0v) is 31.1. The molecule has 2 aliphatic rings. The molecule has 272 valence electrons. The van der Waals surface area contributed by atoms with Gasteiger partial charge in [0, 0.05) is 47.1 Å². The summed E-state index contributed by atoms with van der Waals surface area (Å²) in [5.74, 6) is 1.37. The Morgan fingerprint density at radius 1 is 1.02 bits per heavy atom. The number of fused-ring (bicyclic) bond motifs is 1. The quantitative estimate of drug-likeness (QED) is 0.111. The van der Waals surface area contributed by atoms with Gasteiger partial charge >= 0.3 is 0 Å². The van der Waals surface area contributed by atoms with E-state index < -0.39 is 11.7 Å². The lowest BCUT2D eigenvalue weighted by Gasteiger charge is -2.22. The number of aryl methyl sites for hydroxylation is 1. The van der Waals surface area contributed by atoms with Crippen LogP contribution in [0.2, 0.25) is 0 Å². The van der Waals surface area contributed by atoms with E-state index in [4.69, 9.17) is 23.7 Å². The molecule has 1 saturated heterocycles. The van der Waals surface area contributed by atoms with Crippen molar-refractivity contribution in [3.63, 3.8) is 0 Å². The molecule has 0 bridgehead atoms. The predicted molar refractivity (Wildman–Crippen MR) is 200 cm³/mol. The van der Waals surface area contributed by atoms with Crippen molar-refractivity contribution in [3.8, 4) is 34.4 Å². The predicted octanol–water partition coefficient (Wildman–Crippen LogP) is 9.31. The fraction of sp³-hybridized carbons (Fsp3) is 0.375. The van der Waals surface area contributed by atoms with Crippen LogP contribution >= 0.6 is 15.9 Å². The highest BCUT2D eigenvalue weighted by molar-refractivity contribution is 9.10. The molecule has 12 heteroatoms. The first kappa shape index (κ1) is 35.7. The molecule has 1 spiro atoms. The van der Waals surface area contributed by atoms with Crippen molar-refractivity contribution in [2.45, 2.75) is 52.4 Å². The Hall–Kier alpha value is -4.68. The van der Waals surface area contributed by atoms with Crippen LogP contribution in [0.1, 0.15) is 62.0 Å². The van der Waals surface area contributed by atoms with Crippen LogP contribution in [0.5, 0.6) is 28.7 Å². The first-order valence-electron chi connectivity index (χ1n) is 17.8. The molecule has 1 aliphatic carbocycles. The fourth-order valence-corrected chi connectivity index (χ4v) is 7.67. The monoisotopic (exact) mass is 772 g/mol. The average molecular weight is 774 g/mol. The van der Waals surface area contributed by atoms with Crippen molar-refractivity contribution in [2.24, 2.45) is 11.3 Å². The Morgan fingerprint density at radius 2 is 1.87 bits per heavy atom. The summed E-state index contributed by atoms with van der Waals surface area (Å²) >= 11 is 3.60. The fourth-order valence-electron chi connectivity index (χ4n) is 7.06. The van der Waals surface area contributed by atoms with Crippen LogP contribution in [0.15, 0.2) is 71.5 Å². The molecule has 7 rings (SSSR count). The van der Waals surface area contributed by atoms with Crippen molar-refractivity contribution in [1.82, 2.24) is 14.8 Å². The molecule has 1 unspecified atom stereocenters. The SMILES string of the molecule is CCOc1cn(-c2ccc(CC)cc2Br)nc1C(=O)Nc1ccc(Oc2ccnc3cc(OCCCC4CC45CCOCC5)c(OC)cc23)c(F)c1. The van der Waals surface area contributed by atoms with Crippen molar-refractivity contribution in [3.05, 3.63) is 88.5 Å². The highest BCUT2D eigenvalue weighted by Gasteiger charge is 2.53. The number of hydrogen-bond donors (Lipinski definition) is 1. The Bertz CT molecular complexity index is 2080. The standard InChI is InChI=1S/C40H42BrFN4O6/c1-4-25-8-10-32(29(41)19-25)46-24-37(50-5-2)38(45-46)39(47)44-27-9-11-34(30(42)20-27)52-33-12-15-43-31-22-36(35(48-3)21-28(31)33)51-16-6-7-26-23-40(26)13-17-49-18-14-40/h8-12,15,19-22,24,26H,4-7,13-14,16-18,23H2,1-3H3,(H,44,47). The Labute approximate surface area is 310 Å². The van der Waals surface area contributed by atoms with Gasteiger partial charge < -0.3 is 29.0 Å². The Morgan fingerprint density at radius 3 is 2.62 bits per heavy atom. The normalized spacial score (nSPS) is 16.1. The van der Waals surface area contributed by atoms with Gasteiger partial charge in [-0.3, -0.25) is 9.78 Å². The third-order valence-electron chi connectivity index (χ3n) is 10.1. The summed E-state index contributed by atoms with van der Waals surface area (Å²) in [7, 11) is 1.58. The first-order chi connectivity index (χ1) is 25.3. The summed E-state index contributed by atoms with van der Waals surface area (Å²) in [6.45, 7) is 6.59. The number of ether oxygens (including phenoxy) is 5. The summed E-state index contributed by atoms with van der Waals surface area (Å²) in [6.07, 6.45) is 9.90. The van der Waals surface area contributed by atoms with Crippen LogP contribution in [0.3, 0.4) is 0 Å². The van der Waals surface area contributed by atoms with Crippen LogP contribution in [-0.2, 0) is 11.2 Å². The van der Waals surface area contributed by atoms with E-state index >= 15 is 4.39 Å². The van der Waals surface area contributed by atoms with Gasteiger partial charge in [0.1, 0.15) is 5.75 Å². The Balaban J connectivity index is 1.02. The van der Waals surface area contributed by atoms with Crippen LogP contribution in [0, 0.1) is 17.2 Å². The molecule has 2 fully saturated rings. The number of hydrogen-bond acceptors (Lipinski definition) is 8. The van der Waals surface area contributed by atoms with Crippen LogP contribution < -0.4 is 24.3 Å². The second-order valence-corrected chi connectivity index (χ2v) is 14.1. The average Bonchev–Trinajstić information content (AvgIpc) is 3.62. The van der Waals surface area contributed by atoms with E-state index in [2.05, 4.69) is 38.3 Å². The van der Waals surface area contributed by atoms with Gasteiger partial charge in [0.05, 0.1) is 37.7 Å². The van der Waals surface area contributed by atoms with Gasteiger partial charge in [0.25, 0.3) is 5.91 Å². The maximum atomic E-state index is 15.5. The van der Waals surface area contributed by atoms with Crippen molar-refractivity contribution in [2.75, 3.05) is 38.9 Å². The summed E-state index contributed by atoms with van der Waals surface area (Å²) in [6, 6.07) is 15.5. The van der Waals surface area contributed by atoms with Gasteiger partial charge in [-0.1, -0.05) is 13.0 Å². The topological polar surface area (TPSA) is 106 Å². The molecular formula is C40H42BrFN4O6. The molecule has 10 nitrogen and oxygen atoms in total. The molecule has 1 aliphatic heterocycles. The number of benzene rings is 3. The molecule has 3 aromatic carbocycles. The number of nitrogens with one attached hydrogen (secondary N) is 1. The van der Waals surface area contributed by atoms with E-state index in [9.17, 15) is 4.79 Å². The number of rotatable bonds is 14. The summed E-state index contributed by atoms with van der Waals surface area (Å²) in [4.78, 5) is 17.9. The largest absolute Gasteiger partial charge is 0.493 e. The highest BCUT2D eigenvalue weighted by atomic mass is 79.9. The van der Waals surface area contributed by atoms with Gasteiger partial charge in [0.2, 0.25) is 0 Å². The lowest BCUT2D eigenvalue weighted by molar-refractivity contribution is 0.0512. The molecule has 1 amide bonds. The second-order valence-electron chi connectivity index (χ2n) is 13.3. The van der Waals surface area contributed by atoms with Crippen LogP contribution in [0.25, 0.3) is 16.6 Å². The molecule has 52 heavy (non-hydrogen) atoms. The van der Waals surface area contributed by atoms with E-state index in [1.165, 1.54) is 31.4 Å². The number of halogens is 2. The molecule has 1 N–H and O–H groups in total. The van der Waals surface area contributed by atoms with Crippen LogP contribution in [-0.4, -0.2) is 54.2 Å². The zero-order chi connectivity index (χ0) is 36.2. The smallest absolute Gasteiger partial charge is 0.280 e. The number of methoxy groups -OCH3 is 1. The van der Waals surface area contributed by atoms with Gasteiger partial charge in [-0.25, -0.2) is 9.07 Å². The van der Waals surface area contributed by atoms with Crippen LogP contribution in [0.4, 0.5) is 10.1 Å². The van der Waals surface area contributed by atoms with Gasteiger partial charge in [-0.15, -0.1) is 0 Å². The zero-order valence-electron chi connectivity index (χ0n) is 29.5. The number of aromatic nitrogens is 3. The third kappa shape index (κ3) is 7.59. The number of carbonyl (C=O) groups is 1. The number of nitrogens with zero attached hydrogens (tertiary/aromatic N) is 3. The molecule has 2 aromatic heterocycles. The second kappa shape index (κ2) is 15.5. The minimum absolute atomic E-state index is 0.0215. The van der Waals surface area contributed by atoms with Gasteiger partial charge in [0.15, 0.2) is 34.5 Å². The molecular weight excluding hydrogens is 731 g/mol. The van der Waals surface area contributed by atoms with Gasteiger partial charge in [-0.05, 0) is 115 Å². The maximum Gasteiger partial charge on any atom is 0.280 e. The number of pyridine rings is 1. The first-order valence-corrected chi connectivity index (χ1v) is 18.6. The number of amides is 1. The minimum atomic E-state index is -0.664. The molecule has 5 aromatic rings. The molecule has 3 heterocycles. The van der Waals surface area contributed by atoms with Crippen molar-refractivity contribution >= 4 is 38.4 Å². The molecule has 0 radical (unpaired) electrons. The van der Waals surface area contributed by atoms with E-state index in [0.717, 1.165) is 54.1 Å². The van der Waals surface area contributed by atoms with Crippen molar-refractivity contribution in [1.29, 1.82) is 0 Å². The summed E-state index contributed by atoms with van der Waals surface area (Å²) in [5.41, 5.74) is 3.34. The molecule has 1 saturated carbocycles. The maximum absolute atomic E-state index is 15.5. The minimum Gasteiger partial charge on any atom is -0.493 e. The summed E-state index contributed by atoms with van der Waals surface area (Å²) < 4.78 is 47.1. The molecule has 1 atom stereocenters. The van der Waals surface area contributed by atoms with E-state index in [0.29, 0.717) is 52.5 Å². The number of anilines is 1. The number of carbonyl (C=O) groups excluding carboxylic acids is 1. The third-order valence-corrected chi connectivity index (χ3v) is 10.7. The lowest BCUT2D eigenvalue weighted by Crippen LogP contribution is -2.18. The highest BCUT2D eigenvalue weighted by Crippen LogP contribution is 2.61.